The first-order valence-corrected chi connectivity index (χ1v) is 6.05. The molecule has 0 aromatic carbocycles. The minimum Gasteiger partial charge on any atom is -0.459 e. The maximum absolute atomic E-state index is 12.3. The van der Waals surface area contributed by atoms with Crippen LogP contribution in [-0.2, 0) is 4.74 Å². The van der Waals surface area contributed by atoms with Gasteiger partial charge in [-0.05, 0) is 26.8 Å². The summed E-state index contributed by atoms with van der Waals surface area (Å²) in [6.45, 7) is 6.44. The molecular weight excluding hydrogens is 234 g/mol. The molecule has 1 N–H and O–H groups in total. The molecule has 1 atom stereocenters. The molecule has 1 aliphatic rings. The molecule has 5 heteroatoms. The van der Waals surface area contributed by atoms with Crippen LogP contribution in [0.2, 0.25) is 0 Å². The van der Waals surface area contributed by atoms with E-state index < -0.39 is 5.60 Å². The maximum Gasteiger partial charge on any atom is 0.290 e. The van der Waals surface area contributed by atoms with Crippen molar-refractivity contribution in [1.29, 1.82) is 0 Å². The van der Waals surface area contributed by atoms with Crippen molar-refractivity contribution in [3.63, 3.8) is 0 Å². The Morgan fingerprint density at radius 1 is 1.61 bits per heavy atom. The van der Waals surface area contributed by atoms with Crippen molar-refractivity contribution >= 4 is 5.91 Å². The van der Waals surface area contributed by atoms with E-state index in [9.17, 15) is 9.90 Å². The number of nitrogens with zero attached hydrogens (tertiary/aromatic N) is 1. The Labute approximate surface area is 106 Å². The summed E-state index contributed by atoms with van der Waals surface area (Å²) in [6.07, 6.45) is 1.17. The molecule has 0 aliphatic carbocycles. The lowest BCUT2D eigenvalue weighted by Crippen LogP contribution is -2.55. The van der Waals surface area contributed by atoms with Crippen molar-refractivity contribution in [2.24, 2.45) is 0 Å². The summed E-state index contributed by atoms with van der Waals surface area (Å²) in [7, 11) is 0. The van der Waals surface area contributed by atoms with Crippen molar-refractivity contribution in [3.8, 4) is 0 Å². The van der Waals surface area contributed by atoms with Crippen LogP contribution in [0.3, 0.4) is 0 Å². The fourth-order valence-electron chi connectivity index (χ4n) is 2.28. The molecular formula is C13H19NO4. The molecule has 1 aromatic heterocycles. The Balaban J connectivity index is 2.17. The van der Waals surface area contributed by atoms with Gasteiger partial charge in [-0.1, -0.05) is 0 Å². The van der Waals surface area contributed by atoms with E-state index in [0.29, 0.717) is 18.8 Å². The number of carbonyl (C=O) groups excluding carboxylic acids is 1. The van der Waals surface area contributed by atoms with Gasteiger partial charge in [0.2, 0.25) is 0 Å². The Morgan fingerprint density at radius 3 is 2.89 bits per heavy atom. The number of hydrogen-bond donors (Lipinski definition) is 1. The number of aliphatic hydroxyl groups is 1. The van der Waals surface area contributed by atoms with E-state index in [1.807, 2.05) is 20.8 Å². The zero-order chi connectivity index (χ0) is 13.3. The highest BCUT2D eigenvalue weighted by atomic mass is 16.5. The van der Waals surface area contributed by atoms with Crippen LogP contribution in [0, 0.1) is 6.92 Å². The van der Waals surface area contributed by atoms with E-state index in [2.05, 4.69) is 0 Å². The smallest absolute Gasteiger partial charge is 0.290 e. The van der Waals surface area contributed by atoms with Gasteiger partial charge in [0.25, 0.3) is 5.91 Å². The van der Waals surface area contributed by atoms with Gasteiger partial charge in [0.1, 0.15) is 0 Å². The van der Waals surface area contributed by atoms with Crippen LogP contribution < -0.4 is 0 Å². The largest absolute Gasteiger partial charge is 0.459 e. The highest BCUT2D eigenvalue weighted by Gasteiger charge is 2.36. The van der Waals surface area contributed by atoms with Crippen LogP contribution >= 0.6 is 0 Å². The van der Waals surface area contributed by atoms with Gasteiger partial charge in [-0.3, -0.25) is 4.79 Å². The fraction of sp³-hybridized carbons (Fsp3) is 0.615. The SMILES string of the molecule is Cc1ccoc1C(=O)N1CC(CO)OC(C)(C)C1. The van der Waals surface area contributed by atoms with E-state index >= 15 is 0 Å². The molecule has 0 bridgehead atoms. The summed E-state index contributed by atoms with van der Waals surface area (Å²) in [4.78, 5) is 14.0. The zero-order valence-electron chi connectivity index (χ0n) is 11.0. The normalized spacial score (nSPS) is 23.1. The van der Waals surface area contributed by atoms with E-state index in [1.165, 1.54) is 6.26 Å². The topological polar surface area (TPSA) is 62.9 Å². The third kappa shape index (κ3) is 2.57. The molecule has 0 spiro atoms. The Hall–Kier alpha value is -1.33. The molecule has 1 aliphatic heterocycles. The second-order valence-corrected chi connectivity index (χ2v) is 5.30. The first-order chi connectivity index (χ1) is 8.43. The first kappa shape index (κ1) is 13.1. The monoisotopic (exact) mass is 253 g/mol. The van der Waals surface area contributed by atoms with Gasteiger partial charge in [-0.15, -0.1) is 0 Å². The number of amides is 1. The van der Waals surface area contributed by atoms with E-state index in [4.69, 9.17) is 9.15 Å². The number of furan rings is 1. The highest BCUT2D eigenvalue weighted by Crippen LogP contribution is 2.23. The number of aryl methyl sites for hydroxylation is 1. The Kier molecular flexibility index (Phi) is 3.45. The van der Waals surface area contributed by atoms with Crippen LogP contribution in [0.15, 0.2) is 16.7 Å². The van der Waals surface area contributed by atoms with Crippen LogP contribution in [0.1, 0.15) is 30.0 Å². The number of carbonyl (C=O) groups is 1. The average molecular weight is 253 g/mol. The van der Waals surface area contributed by atoms with Gasteiger partial charge in [-0.25, -0.2) is 0 Å². The molecule has 2 heterocycles. The number of ether oxygens (including phenoxy) is 1. The van der Waals surface area contributed by atoms with Crippen molar-refractivity contribution in [2.75, 3.05) is 19.7 Å². The molecule has 1 unspecified atom stereocenters. The molecule has 1 amide bonds. The van der Waals surface area contributed by atoms with Gasteiger partial charge in [0.15, 0.2) is 5.76 Å². The molecule has 1 aromatic rings. The third-order valence-electron chi connectivity index (χ3n) is 3.03. The average Bonchev–Trinajstić information content (AvgIpc) is 2.72. The zero-order valence-corrected chi connectivity index (χ0v) is 11.0. The number of morpholine rings is 1. The second-order valence-electron chi connectivity index (χ2n) is 5.30. The predicted octanol–water partition coefficient (Wildman–Crippen LogP) is 1.20. The number of aliphatic hydroxyl groups excluding tert-OH is 1. The molecule has 1 fully saturated rings. The summed E-state index contributed by atoms with van der Waals surface area (Å²) in [5.41, 5.74) is 0.367. The van der Waals surface area contributed by atoms with Crippen molar-refractivity contribution < 1.29 is 19.1 Å². The first-order valence-electron chi connectivity index (χ1n) is 6.05. The van der Waals surface area contributed by atoms with E-state index in [1.54, 1.807) is 11.0 Å². The van der Waals surface area contributed by atoms with Crippen LogP contribution in [0.25, 0.3) is 0 Å². The third-order valence-corrected chi connectivity index (χ3v) is 3.03. The molecule has 18 heavy (non-hydrogen) atoms. The van der Waals surface area contributed by atoms with Gasteiger partial charge in [0, 0.05) is 18.7 Å². The highest BCUT2D eigenvalue weighted by molar-refractivity contribution is 5.93. The number of hydrogen-bond acceptors (Lipinski definition) is 4. The molecule has 0 saturated carbocycles. The van der Waals surface area contributed by atoms with Crippen LogP contribution in [0.4, 0.5) is 0 Å². The molecule has 1 saturated heterocycles. The summed E-state index contributed by atoms with van der Waals surface area (Å²) >= 11 is 0. The lowest BCUT2D eigenvalue weighted by Gasteiger charge is -2.42. The van der Waals surface area contributed by atoms with Gasteiger partial charge in [0.05, 0.1) is 24.6 Å². The predicted molar refractivity (Wildman–Crippen MR) is 65.4 cm³/mol. The number of rotatable bonds is 2. The van der Waals surface area contributed by atoms with Crippen molar-refractivity contribution in [3.05, 3.63) is 23.7 Å². The summed E-state index contributed by atoms with van der Waals surface area (Å²) < 4.78 is 10.9. The van der Waals surface area contributed by atoms with E-state index in [-0.39, 0.29) is 18.6 Å². The van der Waals surface area contributed by atoms with E-state index in [0.717, 1.165) is 5.56 Å². The second kappa shape index (κ2) is 4.74. The molecule has 0 radical (unpaired) electrons. The summed E-state index contributed by atoms with van der Waals surface area (Å²) in [5.74, 6) is 0.219. The van der Waals surface area contributed by atoms with Crippen LogP contribution in [0.5, 0.6) is 0 Å². The van der Waals surface area contributed by atoms with Crippen LogP contribution in [-0.4, -0.2) is 47.3 Å². The van der Waals surface area contributed by atoms with Crippen molar-refractivity contribution in [2.45, 2.75) is 32.5 Å². The summed E-state index contributed by atoms with van der Waals surface area (Å²) in [5, 5.41) is 9.22. The van der Waals surface area contributed by atoms with Crippen molar-refractivity contribution in [1.82, 2.24) is 4.90 Å². The molecule has 2 rings (SSSR count). The molecule has 5 nitrogen and oxygen atoms in total. The molecule has 100 valence electrons. The summed E-state index contributed by atoms with van der Waals surface area (Å²) in [6, 6.07) is 1.77. The maximum atomic E-state index is 12.3. The Bertz CT molecular complexity index is 438. The minimum atomic E-state index is -0.457. The quantitative estimate of drug-likeness (QED) is 0.860. The van der Waals surface area contributed by atoms with Gasteiger partial charge >= 0.3 is 0 Å². The van der Waals surface area contributed by atoms with Gasteiger partial charge < -0.3 is 19.2 Å². The lowest BCUT2D eigenvalue weighted by molar-refractivity contribution is -0.139. The Morgan fingerprint density at radius 2 is 2.33 bits per heavy atom. The lowest BCUT2D eigenvalue weighted by atomic mass is 10.0. The minimum absolute atomic E-state index is 0.0929. The standard InChI is InChI=1S/C13H19NO4/c1-9-4-5-17-11(9)12(16)14-6-10(7-15)18-13(2,3)8-14/h4-5,10,15H,6-8H2,1-3H3. The van der Waals surface area contributed by atoms with Gasteiger partial charge in [-0.2, -0.15) is 0 Å². The fourth-order valence-corrected chi connectivity index (χ4v) is 2.28.